The quantitative estimate of drug-likeness (QED) is 0.822. The van der Waals surface area contributed by atoms with Crippen LogP contribution in [0, 0.1) is 5.82 Å². The zero-order valence-electron chi connectivity index (χ0n) is 10.1. The van der Waals surface area contributed by atoms with Gasteiger partial charge < -0.3 is 15.2 Å². The molecule has 0 saturated carbocycles. The fourth-order valence-electron chi connectivity index (χ4n) is 1.52. The Morgan fingerprint density at radius 1 is 1.50 bits per heavy atom. The molecule has 6 heteroatoms. The number of carboxylic acids is 1. The number of ether oxygens (including phenoxy) is 1. The number of amides is 1. The molecule has 0 heterocycles. The molecule has 1 aromatic carbocycles. The smallest absolute Gasteiger partial charge is 0.326 e. The van der Waals surface area contributed by atoms with Gasteiger partial charge in [-0.15, -0.1) is 0 Å². The van der Waals surface area contributed by atoms with Gasteiger partial charge in [0.25, 0.3) is 0 Å². The number of hydrogen-bond acceptors (Lipinski definition) is 3. The number of benzene rings is 1. The predicted octanol–water partition coefficient (Wildman–Crippen LogP) is 0.966. The second-order valence-electron chi connectivity index (χ2n) is 3.76. The van der Waals surface area contributed by atoms with Crippen LogP contribution in [0.2, 0.25) is 0 Å². The van der Waals surface area contributed by atoms with Gasteiger partial charge in [-0.1, -0.05) is 6.07 Å². The van der Waals surface area contributed by atoms with Gasteiger partial charge in [-0.3, -0.25) is 4.79 Å². The second kappa shape index (κ2) is 6.00. The molecule has 0 aromatic heterocycles. The third-order valence-electron chi connectivity index (χ3n) is 2.33. The molecule has 1 rings (SSSR count). The summed E-state index contributed by atoms with van der Waals surface area (Å²) in [6, 6.07) is 3.09. The largest absolute Gasteiger partial charge is 0.494 e. The fraction of sp³-hybridized carbons (Fsp3) is 0.333. The Hall–Kier alpha value is -2.11. The minimum absolute atomic E-state index is 0.00975. The number of hydrogen-bond donors (Lipinski definition) is 2. The summed E-state index contributed by atoms with van der Waals surface area (Å²) >= 11 is 0. The van der Waals surface area contributed by atoms with E-state index in [1.54, 1.807) is 6.07 Å². The first-order valence-corrected chi connectivity index (χ1v) is 5.26. The van der Waals surface area contributed by atoms with Crippen LogP contribution in [0.25, 0.3) is 0 Å². The number of rotatable bonds is 5. The Bertz CT molecular complexity index is 461. The number of carbonyl (C=O) groups is 2. The van der Waals surface area contributed by atoms with E-state index in [2.05, 4.69) is 5.32 Å². The van der Waals surface area contributed by atoms with E-state index < -0.39 is 23.7 Å². The lowest BCUT2D eigenvalue weighted by Gasteiger charge is -2.13. The third-order valence-corrected chi connectivity index (χ3v) is 2.33. The summed E-state index contributed by atoms with van der Waals surface area (Å²) in [4.78, 5) is 21.8. The van der Waals surface area contributed by atoms with Gasteiger partial charge in [-0.05, 0) is 17.7 Å². The first-order chi connectivity index (χ1) is 8.43. The predicted molar refractivity (Wildman–Crippen MR) is 61.9 cm³/mol. The molecule has 1 amide bonds. The van der Waals surface area contributed by atoms with Crippen molar-refractivity contribution in [3.8, 4) is 5.75 Å². The van der Waals surface area contributed by atoms with E-state index in [-0.39, 0.29) is 12.2 Å². The molecule has 1 aromatic rings. The lowest BCUT2D eigenvalue weighted by atomic mass is 10.1. The molecule has 0 aliphatic heterocycles. The average molecular weight is 255 g/mol. The van der Waals surface area contributed by atoms with Gasteiger partial charge >= 0.3 is 5.97 Å². The highest BCUT2D eigenvalue weighted by atomic mass is 19.1. The summed E-state index contributed by atoms with van der Waals surface area (Å²) in [6.45, 7) is 1.23. The number of halogens is 1. The van der Waals surface area contributed by atoms with Crippen LogP contribution >= 0.6 is 0 Å². The van der Waals surface area contributed by atoms with Crippen molar-refractivity contribution in [2.24, 2.45) is 0 Å². The van der Waals surface area contributed by atoms with Crippen LogP contribution in [-0.4, -0.2) is 30.1 Å². The first-order valence-electron chi connectivity index (χ1n) is 5.26. The van der Waals surface area contributed by atoms with Crippen molar-refractivity contribution in [2.75, 3.05) is 7.11 Å². The van der Waals surface area contributed by atoms with Crippen LogP contribution in [0.3, 0.4) is 0 Å². The van der Waals surface area contributed by atoms with Gasteiger partial charge in [0.15, 0.2) is 11.6 Å². The number of methoxy groups -OCH3 is 1. The molecule has 2 N–H and O–H groups in total. The molecule has 98 valence electrons. The molecule has 0 radical (unpaired) electrons. The number of carboxylic acid groups (broad SMARTS) is 1. The maximum absolute atomic E-state index is 13.4. The highest BCUT2D eigenvalue weighted by molar-refractivity contribution is 5.82. The summed E-state index contributed by atoms with van der Waals surface area (Å²) in [5, 5.41) is 11.2. The van der Waals surface area contributed by atoms with Crippen molar-refractivity contribution in [3.63, 3.8) is 0 Å². The van der Waals surface area contributed by atoms with Crippen molar-refractivity contribution >= 4 is 11.9 Å². The van der Waals surface area contributed by atoms with Gasteiger partial charge in [0, 0.05) is 13.3 Å². The van der Waals surface area contributed by atoms with Crippen molar-refractivity contribution < 1.29 is 23.8 Å². The van der Waals surface area contributed by atoms with Gasteiger partial charge in [0.05, 0.1) is 7.11 Å². The van der Waals surface area contributed by atoms with Crippen LogP contribution in [-0.2, 0) is 16.0 Å². The first kappa shape index (κ1) is 14.0. The third kappa shape index (κ3) is 3.73. The molecule has 0 aliphatic carbocycles. The average Bonchev–Trinajstić information content (AvgIpc) is 2.27. The number of carbonyl (C=O) groups excluding carboxylic acids is 1. The summed E-state index contributed by atoms with van der Waals surface area (Å²) in [5.74, 6) is -2.09. The van der Waals surface area contributed by atoms with E-state index in [0.717, 1.165) is 0 Å². The molecule has 0 aliphatic rings. The molecule has 0 fully saturated rings. The van der Waals surface area contributed by atoms with Gasteiger partial charge in [-0.2, -0.15) is 0 Å². The molecule has 1 atom stereocenters. The Labute approximate surface area is 104 Å². The highest BCUT2D eigenvalue weighted by Crippen LogP contribution is 2.18. The van der Waals surface area contributed by atoms with E-state index in [9.17, 15) is 14.0 Å². The SMILES string of the molecule is COc1ccc(CC(NC(C)=O)C(=O)O)cc1F. The summed E-state index contributed by atoms with van der Waals surface area (Å²) < 4.78 is 18.2. The molecule has 18 heavy (non-hydrogen) atoms. The van der Waals surface area contributed by atoms with E-state index in [0.29, 0.717) is 5.56 Å². The fourth-order valence-corrected chi connectivity index (χ4v) is 1.52. The summed E-state index contributed by atoms with van der Waals surface area (Å²) in [6.07, 6.45) is 0.00975. The molecular formula is C12H14FNO4. The van der Waals surface area contributed by atoms with Gasteiger partial charge in [0.2, 0.25) is 5.91 Å². The Morgan fingerprint density at radius 2 is 2.17 bits per heavy atom. The molecule has 5 nitrogen and oxygen atoms in total. The van der Waals surface area contributed by atoms with Crippen molar-refractivity contribution in [2.45, 2.75) is 19.4 Å². The topological polar surface area (TPSA) is 75.6 Å². The second-order valence-corrected chi connectivity index (χ2v) is 3.76. The van der Waals surface area contributed by atoms with Crippen molar-refractivity contribution in [1.82, 2.24) is 5.32 Å². The summed E-state index contributed by atoms with van der Waals surface area (Å²) in [7, 11) is 1.34. The maximum atomic E-state index is 13.4. The van der Waals surface area contributed by atoms with E-state index in [1.165, 1.54) is 26.2 Å². The van der Waals surface area contributed by atoms with E-state index >= 15 is 0 Å². The van der Waals surface area contributed by atoms with Crippen LogP contribution in [0.4, 0.5) is 4.39 Å². The van der Waals surface area contributed by atoms with Gasteiger partial charge in [0.1, 0.15) is 6.04 Å². The summed E-state index contributed by atoms with van der Waals surface area (Å²) in [5.41, 5.74) is 0.467. The molecule has 0 saturated heterocycles. The van der Waals surface area contributed by atoms with Crippen molar-refractivity contribution in [1.29, 1.82) is 0 Å². The van der Waals surface area contributed by atoms with Gasteiger partial charge in [-0.25, -0.2) is 9.18 Å². The Balaban J connectivity index is 2.84. The Morgan fingerprint density at radius 3 is 2.61 bits per heavy atom. The van der Waals surface area contributed by atoms with Crippen LogP contribution < -0.4 is 10.1 Å². The minimum atomic E-state index is -1.17. The number of nitrogens with one attached hydrogen (secondary N) is 1. The molecule has 0 bridgehead atoms. The van der Waals surface area contributed by atoms with Crippen molar-refractivity contribution in [3.05, 3.63) is 29.6 Å². The highest BCUT2D eigenvalue weighted by Gasteiger charge is 2.19. The molecular weight excluding hydrogens is 241 g/mol. The number of aliphatic carboxylic acids is 1. The van der Waals surface area contributed by atoms with Crippen LogP contribution in [0.15, 0.2) is 18.2 Å². The minimum Gasteiger partial charge on any atom is -0.494 e. The van der Waals surface area contributed by atoms with Crippen LogP contribution in [0.5, 0.6) is 5.75 Å². The van der Waals surface area contributed by atoms with E-state index in [4.69, 9.17) is 9.84 Å². The van der Waals surface area contributed by atoms with Crippen LogP contribution in [0.1, 0.15) is 12.5 Å². The standard InChI is InChI=1S/C12H14FNO4/c1-7(15)14-10(12(16)17)6-8-3-4-11(18-2)9(13)5-8/h3-5,10H,6H2,1-2H3,(H,14,15)(H,16,17). The maximum Gasteiger partial charge on any atom is 0.326 e. The monoisotopic (exact) mass is 255 g/mol. The zero-order chi connectivity index (χ0) is 13.7. The zero-order valence-corrected chi connectivity index (χ0v) is 10.1. The van der Waals surface area contributed by atoms with E-state index in [1.807, 2.05) is 0 Å². The normalized spacial score (nSPS) is 11.7. The lowest BCUT2D eigenvalue weighted by molar-refractivity contribution is -0.141. The Kier molecular flexibility index (Phi) is 4.65. The molecule has 0 spiro atoms. The lowest BCUT2D eigenvalue weighted by Crippen LogP contribution is -2.41. The molecule has 1 unspecified atom stereocenters.